The Kier molecular flexibility index (Phi) is 6.76. The molecule has 2 aromatic carbocycles. The highest BCUT2D eigenvalue weighted by atomic mass is 35.5. The Morgan fingerprint density at radius 2 is 1.96 bits per heavy atom. The molecule has 0 unspecified atom stereocenters. The van der Waals surface area contributed by atoms with Crippen molar-refractivity contribution < 1.29 is 9.53 Å². The zero-order chi connectivity index (χ0) is 16.5. The van der Waals surface area contributed by atoms with E-state index in [-0.39, 0.29) is 12.5 Å². The highest BCUT2D eigenvalue weighted by Crippen LogP contribution is 2.16. The molecular weight excluding hydrogens is 312 g/mol. The lowest BCUT2D eigenvalue weighted by atomic mass is 10.3. The minimum Gasteiger partial charge on any atom is -0.484 e. The number of amides is 1. The quantitative estimate of drug-likeness (QED) is 0.754. The highest BCUT2D eigenvalue weighted by molar-refractivity contribution is 6.30. The normalized spacial score (nSPS) is 10.2. The molecule has 1 N–H and O–H groups in total. The van der Waals surface area contributed by atoms with Crippen LogP contribution in [0.5, 0.6) is 5.75 Å². The number of para-hydroxylation sites is 1. The first-order valence-electron chi connectivity index (χ1n) is 7.56. The number of carbonyl (C=O) groups is 1. The lowest BCUT2D eigenvalue weighted by Crippen LogP contribution is -2.31. The fraction of sp³-hybridized carbons (Fsp3) is 0.278. The fourth-order valence-corrected chi connectivity index (χ4v) is 2.29. The molecule has 0 aliphatic rings. The first kappa shape index (κ1) is 17.2. The summed E-state index contributed by atoms with van der Waals surface area (Å²) in [5.41, 5.74) is 1.17. The number of hydrogen-bond acceptors (Lipinski definition) is 3. The standard InChI is InChI=1S/C18H21ClN2O2/c1-21(16-8-3-2-4-9-16)12-6-11-20-18(22)14-23-17-10-5-7-15(19)13-17/h2-5,7-10,13H,6,11-12,14H2,1H3,(H,20,22). The maximum atomic E-state index is 11.7. The highest BCUT2D eigenvalue weighted by Gasteiger charge is 2.04. The van der Waals surface area contributed by atoms with Crippen molar-refractivity contribution >= 4 is 23.2 Å². The van der Waals surface area contributed by atoms with E-state index < -0.39 is 0 Å². The van der Waals surface area contributed by atoms with Crippen molar-refractivity contribution in [1.29, 1.82) is 0 Å². The summed E-state index contributed by atoms with van der Waals surface area (Å²) in [5, 5.41) is 3.44. The molecule has 0 saturated heterocycles. The van der Waals surface area contributed by atoms with Gasteiger partial charge in [-0.05, 0) is 36.8 Å². The Hall–Kier alpha value is -2.20. The summed E-state index contributed by atoms with van der Waals surface area (Å²) >= 11 is 5.86. The number of rotatable bonds is 8. The lowest BCUT2D eigenvalue weighted by Gasteiger charge is -2.19. The summed E-state index contributed by atoms with van der Waals surface area (Å²) in [4.78, 5) is 13.9. The molecule has 0 heterocycles. The monoisotopic (exact) mass is 332 g/mol. The van der Waals surface area contributed by atoms with Gasteiger partial charge in [-0.1, -0.05) is 35.9 Å². The van der Waals surface area contributed by atoms with E-state index in [9.17, 15) is 4.79 Å². The molecule has 23 heavy (non-hydrogen) atoms. The van der Waals surface area contributed by atoms with Crippen LogP contribution in [-0.2, 0) is 4.79 Å². The van der Waals surface area contributed by atoms with Gasteiger partial charge in [-0.25, -0.2) is 0 Å². The van der Waals surface area contributed by atoms with Crippen molar-refractivity contribution in [3.05, 3.63) is 59.6 Å². The van der Waals surface area contributed by atoms with Gasteiger partial charge in [0.2, 0.25) is 0 Å². The van der Waals surface area contributed by atoms with Crippen LogP contribution in [0.25, 0.3) is 0 Å². The second-order valence-corrected chi connectivity index (χ2v) is 5.64. The number of halogens is 1. The first-order chi connectivity index (χ1) is 11.1. The van der Waals surface area contributed by atoms with Crippen LogP contribution >= 0.6 is 11.6 Å². The summed E-state index contributed by atoms with van der Waals surface area (Å²) < 4.78 is 5.39. The van der Waals surface area contributed by atoms with E-state index >= 15 is 0 Å². The number of nitrogens with zero attached hydrogens (tertiary/aromatic N) is 1. The van der Waals surface area contributed by atoms with Crippen LogP contribution in [0.2, 0.25) is 5.02 Å². The molecule has 0 fully saturated rings. The van der Waals surface area contributed by atoms with Gasteiger partial charge in [0.15, 0.2) is 6.61 Å². The molecule has 0 aliphatic heterocycles. The number of carbonyl (C=O) groups excluding carboxylic acids is 1. The van der Waals surface area contributed by atoms with Crippen LogP contribution in [-0.4, -0.2) is 32.7 Å². The van der Waals surface area contributed by atoms with Gasteiger partial charge in [0.1, 0.15) is 5.75 Å². The van der Waals surface area contributed by atoms with Gasteiger partial charge in [0.25, 0.3) is 5.91 Å². The lowest BCUT2D eigenvalue weighted by molar-refractivity contribution is -0.123. The Morgan fingerprint density at radius 1 is 1.17 bits per heavy atom. The van der Waals surface area contributed by atoms with Crippen LogP contribution in [0.3, 0.4) is 0 Å². The average molecular weight is 333 g/mol. The third-order valence-electron chi connectivity index (χ3n) is 3.36. The van der Waals surface area contributed by atoms with Crippen molar-refractivity contribution in [2.45, 2.75) is 6.42 Å². The van der Waals surface area contributed by atoms with Gasteiger partial charge in [-0.3, -0.25) is 4.79 Å². The van der Waals surface area contributed by atoms with Crippen molar-refractivity contribution in [2.75, 3.05) is 31.6 Å². The third-order valence-corrected chi connectivity index (χ3v) is 3.59. The van der Waals surface area contributed by atoms with Gasteiger partial charge in [-0.2, -0.15) is 0 Å². The molecular formula is C18H21ClN2O2. The number of nitrogens with one attached hydrogen (secondary N) is 1. The van der Waals surface area contributed by atoms with Gasteiger partial charge in [0, 0.05) is 30.8 Å². The Morgan fingerprint density at radius 3 is 2.70 bits per heavy atom. The summed E-state index contributed by atoms with van der Waals surface area (Å²) in [6.07, 6.45) is 0.869. The molecule has 0 spiro atoms. The van der Waals surface area contributed by atoms with E-state index in [1.54, 1.807) is 24.3 Å². The van der Waals surface area contributed by atoms with E-state index in [1.165, 1.54) is 5.69 Å². The van der Waals surface area contributed by atoms with Crippen LogP contribution in [0.1, 0.15) is 6.42 Å². The topological polar surface area (TPSA) is 41.6 Å². The zero-order valence-electron chi connectivity index (χ0n) is 13.2. The molecule has 0 atom stereocenters. The van der Waals surface area contributed by atoms with E-state index in [0.717, 1.165) is 13.0 Å². The van der Waals surface area contributed by atoms with Gasteiger partial charge >= 0.3 is 0 Å². The molecule has 0 radical (unpaired) electrons. The third kappa shape index (κ3) is 6.20. The fourth-order valence-electron chi connectivity index (χ4n) is 2.11. The Balaban J connectivity index is 1.61. The molecule has 1 amide bonds. The van der Waals surface area contributed by atoms with Crippen LogP contribution < -0.4 is 15.0 Å². The van der Waals surface area contributed by atoms with Crippen molar-refractivity contribution in [1.82, 2.24) is 5.32 Å². The molecule has 122 valence electrons. The first-order valence-corrected chi connectivity index (χ1v) is 7.94. The molecule has 0 saturated carbocycles. The van der Waals surface area contributed by atoms with Crippen molar-refractivity contribution in [2.24, 2.45) is 0 Å². The van der Waals surface area contributed by atoms with E-state index in [0.29, 0.717) is 17.3 Å². The van der Waals surface area contributed by atoms with Crippen molar-refractivity contribution in [3.8, 4) is 5.75 Å². The van der Waals surface area contributed by atoms with Gasteiger partial charge in [0.05, 0.1) is 0 Å². The van der Waals surface area contributed by atoms with Crippen molar-refractivity contribution in [3.63, 3.8) is 0 Å². The Bertz CT molecular complexity index is 619. The summed E-state index contributed by atoms with van der Waals surface area (Å²) in [7, 11) is 2.04. The van der Waals surface area contributed by atoms with Crippen LogP contribution in [0.4, 0.5) is 5.69 Å². The Labute approximate surface area is 142 Å². The summed E-state index contributed by atoms with van der Waals surface area (Å²) in [5.74, 6) is 0.462. The molecule has 2 rings (SSSR count). The maximum Gasteiger partial charge on any atom is 0.257 e. The number of anilines is 1. The number of hydrogen-bond donors (Lipinski definition) is 1. The van der Waals surface area contributed by atoms with Crippen LogP contribution in [0.15, 0.2) is 54.6 Å². The SMILES string of the molecule is CN(CCCNC(=O)COc1cccc(Cl)c1)c1ccccc1. The molecule has 0 aliphatic carbocycles. The minimum absolute atomic E-state index is 0.00509. The molecule has 2 aromatic rings. The second kappa shape index (κ2) is 9.06. The van der Waals surface area contributed by atoms with E-state index in [1.807, 2.05) is 25.2 Å². The van der Waals surface area contributed by atoms with E-state index in [4.69, 9.17) is 16.3 Å². The minimum atomic E-state index is -0.132. The molecule has 5 heteroatoms. The smallest absolute Gasteiger partial charge is 0.257 e. The average Bonchev–Trinajstić information content (AvgIpc) is 2.57. The molecule has 0 bridgehead atoms. The summed E-state index contributed by atoms with van der Waals surface area (Å²) in [6, 6.07) is 17.2. The van der Waals surface area contributed by atoms with Gasteiger partial charge in [-0.15, -0.1) is 0 Å². The molecule has 0 aromatic heterocycles. The predicted molar refractivity (Wildman–Crippen MR) is 94.3 cm³/mol. The largest absolute Gasteiger partial charge is 0.484 e. The van der Waals surface area contributed by atoms with Crippen LogP contribution in [0, 0.1) is 0 Å². The zero-order valence-corrected chi connectivity index (χ0v) is 13.9. The number of benzene rings is 2. The maximum absolute atomic E-state index is 11.7. The summed E-state index contributed by atoms with van der Waals surface area (Å²) in [6.45, 7) is 1.49. The number of ether oxygens (including phenoxy) is 1. The predicted octanol–water partition coefficient (Wildman–Crippen LogP) is 3.36. The second-order valence-electron chi connectivity index (χ2n) is 5.21. The molecule has 4 nitrogen and oxygen atoms in total. The van der Waals surface area contributed by atoms with Gasteiger partial charge < -0.3 is 15.0 Å². The van der Waals surface area contributed by atoms with E-state index in [2.05, 4.69) is 22.3 Å².